The van der Waals surface area contributed by atoms with Gasteiger partial charge in [-0.2, -0.15) is 4.98 Å². The third-order valence-corrected chi connectivity index (χ3v) is 5.11. The fourth-order valence-electron chi connectivity index (χ4n) is 3.43. The summed E-state index contributed by atoms with van der Waals surface area (Å²) in [6, 6.07) is 15.7. The maximum atomic E-state index is 13.1. The number of aryl methyl sites for hydroxylation is 2. The van der Waals surface area contributed by atoms with Crippen LogP contribution in [0.15, 0.2) is 54.6 Å². The first-order valence-electron chi connectivity index (χ1n) is 9.97. The maximum absolute atomic E-state index is 13.1. The Morgan fingerprint density at radius 1 is 0.933 bits per heavy atom. The van der Waals surface area contributed by atoms with E-state index in [1.807, 2.05) is 25.1 Å². The number of halogens is 1. The molecule has 30 heavy (non-hydrogen) atoms. The quantitative estimate of drug-likeness (QED) is 0.713. The SMILES string of the molecule is Cc1ccc(Nc2cc(C)nc(N3CCN(C(=O)c4ccc(F)cc4)CC3)n2)cc1. The van der Waals surface area contributed by atoms with Crippen molar-refractivity contribution < 1.29 is 9.18 Å². The van der Waals surface area contributed by atoms with Crippen molar-refractivity contribution in [1.29, 1.82) is 0 Å². The van der Waals surface area contributed by atoms with Crippen LogP contribution in [0, 0.1) is 19.7 Å². The van der Waals surface area contributed by atoms with E-state index in [4.69, 9.17) is 0 Å². The van der Waals surface area contributed by atoms with Gasteiger partial charge in [0.2, 0.25) is 5.95 Å². The molecule has 154 valence electrons. The zero-order valence-corrected chi connectivity index (χ0v) is 17.1. The Bertz CT molecular complexity index is 1030. The summed E-state index contributed by atoms with van der Waals surface area (Å²) >= 11 is 0. The molecule has 6 nitrogen and oxygen atoms in total. The molecule has 0 unspecified atom stereocenters. The Balaban J connectivity index is 1.42. The molecule has 0 radical (unpaired) electrons. The molecule has 0 aliphatic carbocycles. The number of nitrogens with one attached hydrogen (secondary N) is 1. The molecule has 0 spiro atoms. The van der Waals surface area contributed by atoms with Crippen LogP contribution >= 0.6 is 0 Å². The molecule has 3 aromatic rings. The summed E-state index contributed by atoms with van der Waals surface area (Å²) in [6.07, 6.45) is 0. The molecule has 2 heterocycles. The molecule has 0 bridgehead atoms. The number of rotatable bonds is 4. The van der Waals surface area contributed by atoms with Gasteiger partial charge in [0.25, 0.3) is 5.91 Å². The molecule has 1 saturated heterocycles. The van der Waals surface area contributed by atoms with E-state index in [9.17, 15) is 9.18 Å². The van der Waals surface area contributed by atoms with Crippen molar-refractivity contribution >= 4 is 23.4 Å². The zero-order chi connectivity index (χ0) is 21.1. The molecule has 1 aliphatic rings. The Hall–Kier alpha value is -3.48. The van der Waals surface area contributed by atoms with Crippen LogP contribution in [0.25, 0.3) is 0 Å². The van der Waals surface area contributed by atoms with Crippen LogP contribution in [0.3, 0.4) is 0 Å². The highest BCUT2D eigenvalue weighted by molar-refractivity contribution is 5.94. The summed E-state index contributed by atoms with van der Waals surface area (Å²) in [5, 5.41) is 3.33. The molecular formula is C23H24FN5O. The number of carbonyl (C=O) groups is 1. The van der Waals surface area contributed by atoms with E-state index >= 15 is 0 Å². The van der Waals surface area contributed by atoms with Crippen LogP contribution in [0.4, 0.5) is 21.8 Å². The second-order valence-electron chi connectivity index (χ2n) is 7.47. The molecule has 1 fully saturated rings. The van der Waals surface area contributed by atoms with Gasteiger partial charge in [-0.1, -0.05) is 17.7 Å². The molecule has 1 N–H and O–H groups in total. The first-order valence-corrected chi connectivity index (χ1v) is 9.97. The van der Waals surface area contributed by atoms with E-state index in [-0.39, 0.29) is 11.7 Å². The minimum absolute atomic E-state index is 0.0819. The monoisotopic (exact) mass is 405 g/mol. The van der Waals surface area contributed by atoms with Crippen molar-refractivity contribution in [3.05, 3.63) is 77.2 Å². The van der Waals surface area contributed by atoms with Crippen LogP contribution in [-0.2, 0) is 0 Å². The number of carbonyl (C=O) groups excluding carboxylic acids is 1. The van der Waals surface area contributed by atoms with Crippen LogP contribution in [0.1, 0.15) is 21.6 Å². The van der Waals surface area contributed by atoms with Gasteiger partial charge < -0.3 is 15.1 Å². The average Bonchev–Trinajstić information content (AvgIpc) is 2.75. The Labute approximate surface area is 175 Å². The van der Waals surface area contributed by atoms with E-state index in [1.54, 1.807) is 4.90 Å². The number of hydrogen-bond donors (Lipinski definition) is 1. The Morgan fingerprint density at radius 3 is 2.27 bits per heavy atom. The summed E-state index contributed by atoms with van der Waals surface area (Å²) in [4.78, 5) is 25.8. The Morgan fingerprint density at radius 2 is 1.60 bits per heavy atom. The predicted molar refractivity (Wildman–Crippen MR) is 116 cm³/mol. The summed E-state index contributed by atoms with van der Waals surface area (Å²) in [5.74, 6) is 0.967. The lowest BCUT2D eigenvalue weighted by molar-refractivity contribution is 0.0746. The molecule has 1 aliphatic heterocycles. The van der Waals surface area contributed by atoms with Gasteiger partial charge in [0.15, 0.2) is 0 Å². The summed E-state index contributed by atoms with van der Waals surface area (Å²) in [7, 11) is 0. The highest BCUT2D eigenvalue weighted by Crippen LogP contribution is 2.20. The number of anilines is 3. The summed E-state index contributed by atoms with van der Waals surface area (Å²) in [5.41, 5.74) is 3.55. The van der Waals surface area contributed by atoms with Gasteiger partial charge in [-0.15, -0.1) is 0 Å². The first kappa shape index (κ1) is 19.8. The standard InChI is InChI=1S/C23H24FN5O/c1-16-3-9-20(10-4-16)26-21-15-17(2)25-23(27-21)29-13-11-28(12-14-29)22(30)18-5-7-19(24)8-6-18/h3-10,15H,11-14H2,1-2H3,(H,25,26,27). The van der Waals surface area contributed by atoms with Crippen LogP contribution < -0.4 is 10.2 Å². The van der Waals surface area contributed by atoms with Crippen molar-refractivity contribution in [3.8, 4) is 0 Å². The molecule has 1 aromatic heterocycles. The molecular weight excluding hydrogens is 381 g/mol. The summed E-state index contributed by atoms with van der Waals surface area (Å²) in [6.45, 7) is 6.40. The Kier molecular flexibility index (Phi) is 5.61. The van der Waals surface area contributed by atoms with E-state index in [1.165, 1.54) is 29.8 Å². The molecule has 7 heteroatoms. The molecule has 4 rings (SSSR count). The number of nitrogens with zero attached hydrogens (tertiary/aromatic N) is 4. The minimum Gasteiger partial charge on any atom is -0.340 e. The van der Waals surface area contributed by atoms with Crippen LogP contribution in [-0.4, -0.2) is 47.0 Å². The van der Waals surface area contributed by atoms with E-state index < -0.39 is 0 Å². The lowest BCUT2D eigenvalue weighted by Gasteiger charge is -2.35. The normalized spacial score (nSPS) is 14.0. The average molecular weight is 405 g/mol. The molecule has 1 amide bonds. The van der Waals surface area contributed by atoms with Gasteiger partial charge in [-0.25, -0.2) is 9.37 Å². The van der Waals surface area contributed by atoms with Crippen LogP contribution in [0.5, 0.6) is 0 Å². The highest BCUT2D eigenvalue weighted by Gasteiger charge is 2.24. The van der Waals surface area contributed by atoms with Gasteiger partial charge in [0, 0.05) is 49.2 Å². The smallest absolute Gasteiger partial charge is 0.253 e. The zero-order valence-electron chi connectivity index (χ0n) is 17.1. The largest absolute Gasteiger partial charge is 0.340 e. The lowest BCUT2D eigenvalue weighted by atomic mass is 10.2. The van der Waals surface area contributed by atoms with E-state index in [2.05, 4.69) is 39.2 Å². The second-order valence-corrected chi connectivity index (χ2v) is 7.47. The molecule has 0 saturated carbocycles. The summed E-state index contributed by atoms with van der Waals surface area (Å²) < 4.78 is 13.1. The second kappa shape index (κ2) is 8.49. The van der Waals surface area contributed by atoms with E-state index in [0.717, 1.165) is 17.2 Å². The molecule has 2 aromatic carbocycles. The fourth-order valence-corrected chi connectivity index (χ4v) is 3.43. The van der Waals surface area contributed by atoms with Crippen LogP contribution in [0.2, 0.25) is 0 Å². The third kappa shape index (κ3) is 4.56. The lowest BCUT2D eigenvalue weighted by Crippen LogP contribution is -2.49. The minimum atomic E-state index is -0.344. The van der Waals surface area contributed by atoms with Crippen molar-refractivity contribution in [2.45, 2.75) is 13.8 Å². The fraction of sp³-hybridized carbons (Fsp3) is 0.261. The number of aromatic nitrogens is 2. The predicted octanol–water partition coefficient (Wildman–Crippen LogP) is 3.94. The molecule has 0 atom stereocenters. The number of piperazine rings is 1. The van der Waals surface area contributed by atoms with Gasteiger partial charge in [-0.05, 0) is 50.2 Å². The van der Waals surface area contributed by atoms with Gasteiger partial charge >= 0.3 is 0 Å². The first-order chi connectivity index (χ1) is 14.5. The van der Waals surface area contributed by atoms with E-state index in [0.29, 0.717) is 37.7 Å². The van der Waals surface area contributed by atoms with Crippen molar-refractivity contribution in [2.24, 2.45) is 0 Å². The number of hydrogen-bond acceptors (Lipinski definition) is 5. The topological polar surface area (TPSA) is 61.4 Å². The third-order valence-electron chi connectivity index (χ3n) is 5.11. The maximum Gasteiger partial charge on any atom is 0.253 e. The number of amides is 1. The van der Waals surface area contributed by atoms with Crippen molar-refractivity contribution in [1.82, 2.24) is 14.9 Å². The number of benzene rings is 2. The van der Waals surface area contributed by atoms with Gasteiger partial charge in [-0.3, -0.25) is 4.79 Å². The highest BCUT2D eigenvalue weighted by atomic mass is 19.1. The van der Waals surface area contributed by atoms with Gasteiger partial charge in [0.05, 0.1) is 0 Å². The van der Waals surface area contributed by atoms with Crippen molar-refractivity contribution in [3.63, 3.8) is 0 Å². The van der Waals surface area contributed by atoms with Gasteiger partial charge in [0.1, 0.15) is 11.6 Å². The van der Waals surface area contributed by atoms with Crippen molar-refractivity contribution in [2.75, 3.05) is 36.4 Å².